The van der Waals surface area contributed by atoms with E-state index in [2.05, 4.69) is 20.3 Å². The van der Waals surface area contributed by atoms with E-state index in [1.54, 1.807) is 0 Å². The number of hydrogen-bond donors (Lipinski definition) is 2. The second-order valence-electron chi connectivity index (χ2n) is 4.34. The first-order valence-corrected chi connectivity index (χ1v) is 6.41. The third kappa shape index (κ3) is 2.50. The zero-order valence-corrected chi connectivity index (χ0v) is 11.4. The molecule has 0 bridgehead atoms. The number of hydrogen-bond acceptors (Lipinski definition) is 6. The third-order valence-corrected chi connectivity index (χ3v) is 3.01. The first kappa shape index (κ1) is 12.7. The molecule has 0 aliphatic rings. The van der Waals surface area contributed by atoms with Crippen LogP contribution in [0.1, 0.15) is 18.7 Å². The number of nitrogens with two attached hydrogens (primary N) is 1. The highest BCUT2D eigenvalue weighted by Gasteiger charge is 2.13. The van der Waals surface area contributed by atoms with Gasteiger partial charge in [-0.1, -0.05) is 18.2 Å². The molecule has 2 heterocycles. The van der Waals surface area contributed by atoms with Gasteiger partial charge in [-0.2, -0.15) is 15.0 Å². The summed E-state index contributed by atoms with van der Waals surface area (Å²) in [6.07, 6.45) is 0. The first-order valence-electron chi connectivity index (χ1n) is 6.04. The molecule has 0 saturated carbocycles. The van der Waals surface area contributed by atoms with Gasteiger partial charge >= 0.3 is 0 Å². The lowest BCUT2D eigenvalue weighted by molar-refractivity contribution is 0.525. The number of benzene rings is 1. The van der Waals surface area contributed by atoms with E-state index in [4.69, 9.17) is 21.8 Å². The molecular weight excluding hydrogens is 278 g/mol. The van der Waals surface area contributed by atoms with Crippen LogP contribution in [0.25, 0.3) is 11.0 Å². The van der Waals surface area contributed by atoms with E-state index in [-0.39, 0.29) is 17.3 Å². The molecule has 0 radical (unpaired) electrons. The Kier molecular flexibility index (Phi) is 3.15. The summed E-state index contributed by atoms with van der Waals surface area (Å²) >= 11 is 5.74. The van der Waals surface area contributed by atoms with Crippen LogP contribution in [-0.2, 0) is 0 Å². The molecule has 102 valence electrons. The average Bonchev–Trinajstić information content (AvgIpc) is 2.81. The van der Waals surface area contributed by atoms with Gasteiger partial charge in [0.05, 0.1) is 6.04 Å². The highest BCUT2D eigenvalue weighted by Crippen LogP contribution is 2.25. The van der Waals surface area contributed by atoms with E-state index in [1.807, 2.05) is 37.3 Å². The van der Waals surface area contributed by atoms with Gasteiger partial charge in [-0.3, -0.25) is 0 Å². The number of anilines is 2. The standard InChI is InChI=1S/C13H12ClN5O/c1-7(16-13-18-11(14)17-12(15)19-13)10-6-8-4-2-3-5-9(8)20-10/h2-7H,1H3,(H3,15,16,17,18,19). The van der Waals surface area contributed by atoms with Gasteiger partial charge in [0, 0.05) is 5.39 Å². The zero-order valence-electron chi connectivity index (χ0n) is 10.7. The van der Waals surface area contributed by atoms with Crippen LogP contribution in [0.2, 0.25) is 5.28 Å². The molecule has 0 amide bonds. The molecule has 2 aromatic heterocycles. The molecule has 0 fully saturated rings. The fourth-order valence-corrected chi connectivity index (χ4v) is 2.08. The van der Waals surface area contributed by atoms with E-state index in [9.17, 15) is 0 Å². The third-order valence-electron chi connectivity index (χ3n) is 2.84. The monoisotopic (exact) mass is 289 g/mol. The molecule has 0 saturated heterocycles. The highest BCUT2D eigenvalue weighted by molar-refractivity contribution is 6.28. The van der Waals surface area contributed by atoms with Crippen molar-refractivity contribution < 1.29 is 4.42 Å². The van der Waals surface area contributed by atoms with Gasteiger partial charge in [-0.15, -0.1) is 0 Å². The summed E-state index contributed by atoms with van der Waals surface area (Å²) < 4.78 is 5.76. The van der Waals surface area contributed by atoms with E-state index in [0.717, 1.165) is 16.7 Å². The van der Waals surface area contributed by atoms with Crippen molar-refractivity contribution in [3.05, 3.63) is 41.4 Å². The lowest BCUT2D eigenvalue weighted by atomic mass is 10.2. The number of halogens is 1. The van der Waals surface area contributed by atoms with Crippen LogP contribution < -0.4 is 11.1 Å². The maximum Gasteiger partial charge on any atom is 0.229 e. The predicted molar refractivity (Wildman–Crippen MR) is 77.5 cm³/mol. The summed E-state index contributed by atoms with van der Waals surface area (Å²) in [4.78, 5) is 11.6. The van der Waals surface area contributed by atoms with E-state index in [0.29, 0.717) is 5.95 Å². The van der Waals surface area contributed by atoms with Crippen molar-refractivity contribution in [3.8, 4) is 0 Å². The van der Waals surface area contributed by atoms with Crippen LogP contribution >= 0.6 is 11.6 Å². The summed E-state index contributed by atoms with van der Waals surface area (Å²) in [7, 11) is 0. The average molecular weight is 290 g/mol. The number of para-hydroxylation sites is 1. The Morgan fingerprint density at radius 3 is 2.80 bits per heavy atom. The molecule has 3 aromatic rings. The quantitative estimate of drug-likeness (QED) is 0.770. The molecule has 7 heteroatoms. The molecule has 3 N–H and O–H groups in total. The van der Waals surface area contributed by atoms with Crippen molar-refractivity contribution in [1.29, 1.82) is 0 Å². The maximum atomic E-state index is 5.76. The number of rotatable bonds is 3. The Labute approximate surface area is 120 Å². The Bertz CT molecular complexity index is 704. The van der Waals surface area contributed by atoms with E-state index < -0.39 is 0 Å². The van der Waals surface area contributed by atoms with E-state index >= 15 is 0 Å². The molecule has 1 atom stereocenters. The number of nitrogens with zero attached hydrogens (tertiary/aromatic N) is 3. The first-order chi connectivity index (χ1) is 9.61. The van der Waals surface area contributed by atoms with Crippen LogP contribution in [0.15, 0.2) is 34.7 Å². The molecule has 20 heavy (non-hydrogen) atoms. The minimum Gasteiger partial charge on any atom is -0.459 e. The Balaban J connectivity index is 1.86. The second kappa shape index (κ2) is 4.97. The van der Waals surface area contributed by atoms with E-state index in [1.165, 1.54) is 0 Å². The lowest BCUT2D eigenvalue weighted by Gasteiger charge is -2.11. The number of nitrogen functional groups attached to an aromatic ring is 1. The largest absolute Gasteiger partial charge is 0.459 e. The van der Waals surface area contributed by atoms with Crippen LogP contribution in [0.4, 0.5) is 11.9 Å². The van der Waals surface area contributed by atoms with Gasteiger partial charge in [0.1, 0.15) is 11.3 Å². The fourth-order valence-electron chi connectivity index (χ4n) is 1.91. The van der Waals surface area contributed by atoms with Gasteiger partial charge in [-0.25, -0.2) is 0 Å². The number of furan rings is 1. The summed E-state index contributed by atoms with van der Waals surface area (Å²) in [5.74, 6) is 1.17. The summed E-state index contributed by atoms with van der Waals surface area (Å²) in [5, 5.41) is 4.18. The molecular formula is C13H12ClN5O. The zero-order chi connectivity index (χ0) is 14.1. The number of aromatic nitrogens is 3. The molecule has 3 rings (SSSR count). The molecule has 6 nitrogen and oxygen atoms in total. The van der Waals surface area contributed by atoms with Crippen LogP contribution in [0.5, 0.6) is 0 Å². The summed E-state index contributed by atoms with van der Waals surface area (Å²) in [6, 6.07) is 9.65. The predicted octanol–water partition coefficient (Wildman–Crippen LogP) is 3.03. The highest BCUT2D eigenvalue weighted by atomic mass is 35.5. The van der Waals surface area contributed by atoms with Crippen molar-refractivity contribution in [2.45, 2.75) is 13.0 Å². The van der Waals surface area contributed by atoms with Gasteiger partial charge < -0.3 is 15.5 Å². The SMILES string of the molecule is CC(Nc1nc(N)nc(Cl)n1)c1cc2ccccc2o1. The molecule has 1 unspecified atom stereocenters. The van der Waals surface area contributed by atoms with Crippen molar-refractivity contribution in [1.82, 2.24) is 15.0 Å². The lowest BCUT2D eigenvalue weighted by Crippen LogP contribution is -2.10. The van der Waals surface area contributed by atoms with Crippen molar-refractivity contribution in [2.24, 2.45) is 0 Å². The Morgan fingerprint density at radius 1 is 1.25 bits per heavy atom. The maximum absolute atomic E-state index is 5.76. The summed E-state index contributed by atoms with van der Waals surface area (Å²) in [6.45, 7) is 1.94. The molecule has 1 aromatic carbocycles. The van der Waals surface area contributed by atoms with Gasteiger partial charge in [0.15, 0.2) is 0 Å². The molecule has 0 aliphatic heterocycles. The molecule has 0 aliphatic carbocycles. The van der Waals surface area contributed by atoms with Gasteiger partial charge in [-0.05, 0) is 30.7 Å². The van der Waals surface area contributed by atoms with Crippen LogP contribution in [0.3, 0.4) is 0 Å². The molecule has 0 spiro atoms. The Morgan fingerprint density at radius 2 is 2.05 bits per heavy atom. The van der Waals surface area contributed by atoms with Gasteiger partial charge in [0.2, 0.25) is 17.2 Å². The topological polar surface area (TPSA) is 89.9 Å². The van der Waals surface area contributed by atoms with Gasteiger partial charge in [0.25, 0.3) is 0 Å². The van der Waals surface area contributed by atoms with Crippen LogP contribution in [0, 0.1) is 0 Å². The Hall–Kier alpha value is -2.34. The minimum atomic E-state index is -0.125. The smallest absolute Gasteiger partial charge is 0.229 e. The van der Waals surface area contributed by atoms with Crippen LogP contribution in [-0.4, -0.2) is 15.0 Å². The fraction of sp³-hybridized carbons (Fsp3) is 0.154. The summed E-state index contributed by atoms with van der Waals surface area (Å²) in [5.41, 5.74) is 6.36. The number of nitrogens with one attached hydrogen (secondary N) is 1. The van der Waals surface area contributed by atoms with Crippen molar-refractivity contribution in [3.63, 3.8) is 0 Å². The second-order valence-corrected chi connectivity index (χ2v) is 4.68. The number of fused-ring (bicyclic) bond motifs is 1. The minimum absolute atomic E-state index is 0.0526. The normalized spacial score (nSPS) is 12.5. The van der Waals surface area contributed by atoms with Crippen molar-refractivity contribution in [2.75, 3.05) is 11.1 Å². The van der Waals surface area contributed by atoms with Crippen molar-refractivity contribution >= 4 is 34.5 Å².